The Balaban J connectivity index is 1.74. The Labute approximate surface area is 198 Å². The number of hydrogen-bond donors (Lipinski definition) is 2. The zero-order valence-electron chi connectivity index (χ0n) is 19.0. The van der Waals surface area contributed by atoms with Gasteiger partial charge in [0.05, 0.1) is 32.2 Å². The molecule has 1 fully saturated rings. The van der Waals surface area contributed by atoms with Crippen molar-refractivity contribution < 1.29 is 42.2 Å². The fraction of sp³-hybridized carbons (Fsp3) is 0.375. The van der Waals surface area contributed by atoms with Crippen LogP contribution in [0.15, 0.2) is 45.6 Å². The number of methoxy groups -OCH3 is 1. The van der Waals surface area contributed by atoms with Gasteiger partial charge in [-0.15, -0.1) is 0 Å². The number of aliphatic hydroxyl groups excluding tert-OH is 1. The highest BCUT2D eigenvalue weighted by molar-refractivity contribution is 5.83. The van der Waals surface area contributed by atoms with Crippen molar-refractivity contribution in [2.75, 3.05) is 46.4 Å². The Morgan fingerprint density at radius 3 is 2.37 bits per heavy atom. The Kier molecular flexibility index (Phi) is 7.20. The third-order valence-corrected chi connectivity index (χ3v) is 6.02. The van der Waals surface area contributed by atoms with Crippen LogP contribution < -0.4 is 24.9 Å². The predicted molar refractivity (Wildman–Crippen MR) is 118 cm³/mol. The number of fused-ring (bicyclic) bond motifs is 1. The molecule has 35 heavy (non-hydrogen) atoms. The van der Waals surface area contributed by atoms with E-state index in [1.165, 1.54) is 43.5 Å². The molecule has 0 bridgehead atoms. The molecule has 1 aliphatic rings. The first kappa shape index (κ1) is 24.8. The molecule has 0 aliphatic carbocycles. The minimum absolute atomic E-state index is 0.00573. The summed E-state index contributed by atoms with van der Waals surface area (Å²) in [5.74, 6) is -2.63. The summed E-state index contributed by atoms with van der Waals surface area (Å²) in [6.45, 7) is 3.29. The lowest BCUT2D eigenvalue weighted by Crippen LogP contribution is -3.13. The van der Waals surface area contributed by atoms with Crippen molar-refractivity contribution in [1.29, 1.82) is 0 Å². The third-order valence-electron chi connectivity index (χ3n) is 6.02. The summed E-state index contributed by atoms with van der Waals surface area (Å²) in [6.07, 6.45) is -5.03. The molecule has 4 rings (SSSR count). The molecule has 0 amide bonds. The average Bonchev–Trinajstić information content (AvgIpc) is 2.83. The van der Waals surface area contributed by atoms with Gasteiger partial charge in [0.15, 0.2) is 0 Å². The van der Waals surface area contributed by atoms with Crippen molar-refractivity contribution in [3.63, 3.8) is 0 Å². The first-order valence-electron chi connectivity index (χ1n) is 11.1. The van der Waals surface area contributed by atoms with Crippen molar-refractivity contribution in [3.8, 4) is 23.0 Å². The maximum atomic E-state index is 13.9. The van der Waals surface area contributed by atoms with Gasteiger partial charge in [-0.1, -0.05) is 11.8 Å². The maximum absolute atomic E-state index is 13.9. The van der Waals surface area contributed by atoms with Gasteiger partial charge in [-0.25, -0.2) is 0 Å². The number of nitrogens with zero attached hydrogens (tertiary/aromatic N) is 1. The van der Waals surface area contributed by atoms with E-state index in [0.29, 0.717) is 38.5 Å². The summed E-state index contributed by atoms with van der Waals surface area (Å²) in [6, 6.07) is 8.04. The van der Waals surface area contributed by atoms with Gasteiger partial charge in [-0.3, -0.25) is 9.69 Å². The number of aliphatic hydroxyl groups is 1. The van der Waals surface area contributed by atoms with Gasteiger partial charge in [-0.2, -0.15) is 13.2 Å². The molecule has 0 spiro atoms. The van der Waals surface area contributed by atoms with Gasteiger partial charge in [0, 0.05) is 25.2 Å². The lowest BCUT2D eigenvalue weighted by atomic mass is 10.1. The summed E-state index contributed by atoms with van der Waals surface area (Å²) < 4.78 is 57.4. The molecule has 0 unspecified atom stereocenters. The smallest absolute Gasteiger partial charge is 0.453 e. The van der Waals surface area contributed by atoms with E-state index in [1.54, 1.807) is 0 Å². The molecule has 1 aliphatic heterocycles. The number of benzene rings is 2. The van der Waals surface area contributed by atoms with Gasteiger partial charge in [0.25, 0.3) is 5.76 Å². The number of quaternary nitrogens is 1. The van der Waals surface area contributed by atoms with Crippen LogP contribution in [0, 0.1) is 0 Å². The zero-order chi connectivity index (χ0) is 25.2. The van der Waals surface area contributed by atoms with E-state index in [1.807, 2.05) is 0 Å². The molecule has 1 aromatic heterocycles. The number of β-amino-alcohol motifs (C(OH)–C–C–N with tert-alkyl or cyclic N) is 1. The lowest BCUT2D eigenvalue weighted by Gasteiger charge is -2.32. The molecule has 3 aromatic rings. The molecular weight excluding hydrogens is 469 g/mol. The number of halogens is 3. The van der Waals surface area contributed by atoms with Crippen molar-refractivity contribution >= 4 is 11.0 Å². The van der Waals surface area contributed by atoms with E-state index < -0.39 is 28.9 Å². The monoisotopic (exact) mass is 494 g/mol. The van der Waals surface area contributed by atoms with Crippen molar-refractivity contribution in [1.82, 2.24) is 4.90 Å². The molecule has 188 valence electrons. The van der Waals surface area contributed by atoms with Crippen LogP contribution in [0.25, 0.3) is 11.0 Å². The highest BCUT2D eigenvalue weighted by Crippen LogP contribution is 2.39. The highest BCUT2D eigenvalue weighted by Gasteiger charge is 2.41. The van der Waals surface area contributed by atoms with E-state index in [9.17, 15) is 23.1 Å². The van der Waals surface area contributed by atoms with Crippen molar-refractivity contribution in [2.45, 2.75) is 12.7 Å². The van der Waals surface area contributed by atoms with Crippen LogP contribution in [-0.2, 0) is 12.7 Å². The number of nitrogens with one attached hydrogen (secondary N) is 1. The second-order valence-electron chi connectivity index (χ2n) is 8.28. The van der Waals surface area contributed by atoms with Gasteiger partial charge in [0.2, 0.25) is 11.2 Å². The largest absolute Gasteiger partial charge is 0.872 e. The second kappa shape index (κ2) is 10.1. The molecule has 2 aromatic carbocycles. The summed E-state index contributed by atoms with van der Waals surface area (Å²) >= 11 is 0. The van der Waals surface area contributed by atoms with E-state index in [-0.39, 0.29) is 35.4 Å². The van der Waals surface area contributed by atoms with Gasteiger partial charge in [-0.05, 0) is 30.3 Å². The summed E-state index contributed by atoms with van der Waals surface area (Å²) in [7, 11) is 1.44. The first-order valence-corrected chi connectivity index (χ1v) is 11.1. The number of piperazine rings is 1. The topological polar surface area (TPSA) is 99.6 Å². The Hall–Kier alpha value is -3.28. The molecule has 0 atom stereocenters. The van der Waals surface area contributed by atoms with Crippen LogP contribution in [-0.4, -0.2) is 56.4 Å². The lowest BCUT2D eigenvalue weighted by molar-refractivity contribution is -0.918. The molecule has 11 heteroatoms. The van der Waals surface area contributed by atoms with Crippen molar-refractivity contribution in [2.24, 2.45) is 0 Å². The van der Waals surface area contributed by atoms with Crippen molar-refractivity contribution in [3.05, 3.63) is 57.9 Å². The quantitative estimate of drug-likeness (QED) is 0.512. The summed E-state index contributed by atoms with van der Waals surface area (Å²) in [5.41, 5.74) is -1.37. The van der Waals surface area contributed by atoms with Gasteiger partial charge < -0.3 is 29.0 Å². The fourth-order valence-corrected chi connectivity index (χ4v) is 4.15. The SMILES string of the molecule is COc1ccc(Oc2c(C(F)(F)F)oc3c(C[NH+]4CCN(CCO)CC4)c([O-])ccc3c2=O)cc1. The van der Waals surface area contributed by atoms with E-state index in [2.05, 4.69) is 4.90 Å². The minimum atomic E-state index is -5.03. The summed E-state index contributed by atoms with van der Waals surface area (Å²) in [5, 5.41) is 21.6. The minimum Gasteiger partial charge on any atom is -0.872 e. The zero-order valence-corrected chi connectivity index (χ0v) is 19.0. The standard InChI is InChI=1S/C24H25F3N2O6/c1-33-15-2-4-16(5-3-15)34-22-20(32)17-6-7-19(31)18(21(17)35-23(22)24(25,26)27)14-29-10-8-28(9-11-29)12-13-30/h2-7,30-31H,8-14H2,1H3. The Morgan fingerprint density at radius 1 is 1.11 bits per heavy atom. The van der Waals surface area contributed by atoms with Crippen LogP contribution in [0.1, 0.15) is 11.3 Å². The maximum Gasteiger partial charge on any atom is 0.453 e. The predicted octanol–water partition coefficient (Wildman–Crippen LogP) is 1.38. The van der Waals surface area contributed by atoms with Crippen LogP contribution in [0.5, 0.6) is 23.0 Å². The fourth-order valence-electron chi connectivity index (χ4n) is 4.15. The molecule has 2 heterocycles. The number of rotatable bonds is 7. The van der Waals surface area contributed by atoms with Crippen LogP contribution >= 0.6 is 0 Å². The number of ether oxygens (including phenoxy) is 2. The van der Waals surface area contributed by atoms with Crippen LogP contribution in [0.3, 0.4) is 0 Å². The number of alkyl halides is 3. The Bertz CT molecular complexity index is 1240. The summed E-state index contributed by atoms with van der Waals surface area (Å²) in [4.78, 5) is 16.2. The molecule has 2 N–H and O–H groups in total. The molecule has 0 saturated carbocycles. The molecule has 1 saturated heterocycles. The average molecular weight is 494 g/mol. The molecule has 8 nitrogen and oxygen atoms in total. The van der Waals surface area contributed by atoms with Gasteiger partial charge >= 0.3 is 6.18 Å². The van der Waals surface area contributed by atoms with Gasteiger partial charge in [0.1, 0.15) is 23.6 Å². The Morgan fingerprint density at radius 2 is 1.77 bits per heavy atom. The third kappa shape index (κ3) is 5.37. The molecular formula is C24H25F3N2O6. The first-order chi connectivity index (χ1) is 16.7. The highest BCUT2D eigenvalue weighted by atomic mass is 19.4. The van der Waals surface area contributed by atoms with E-state index >= 15 is 0 Å². The normalized spacial score (nSPS) is 15.5. The van der Waals surface area contributed by atoms with Crippen LogP contribution in [0.4, 0.5) is 13.2 Å². The van der Waals surface area contributed by atoms with E-state index in [4.69, 9.17) is 19.0 Å². The number of hydrogen-bond acceptors (Lipinski definition) is 7. The van der Waals surface area contributed by atoms with Crippen LogP contribution in [0.2, 0.25) is 0 Å². The molecule has 0 radical (unpaired) electrons. The van der Waals surface area contributed by atoms with E-state index in [0.717, 1.165) is 4.90 Å². The second-order valence-corrected chi connectivity index (χ2v) is 8.28.